The van der Waals surface area contributed by atoms with Crippen LogP contribution in [0.5, 0.6) is 0 Å². The molecule has 5 nitrogen and oxygen atoms in total. The number of hydrogen-bond donors (Lipinski definition) is 1. The van der Waals surface area contributed by atoms with Crippen LogP contribution in [-0.4, -0.2) is 54.5 Å². The molecule has 2 aliphatic heterocycles. The SMILES string of the molecule is O=C(C1CCCCS1(=O)=O)N1CCC[C@H]1CO. The topological polar surface area (TPSA) is 74.7 Å². The highest BCUT2D eigenvalue weighted by Gasteiger charge is 2.40. The Bertz CT molecular complexity index is 392. The minimum Gasteiger partial charge on any atom is -0.394 e. The molecule has 0 aromatic heterocycles. The lowest BCUT2D eigenvalue weighted by molar-refractivity contribution is -0.132. The molecular formula is C11H19NO4S. The Balaban J connectivity index is 2.13. The van der Waals surface area contributed by atoms with Crippen LogP contribution in [-0.2, 0) is 14.6 Å². The summed E-state index contributed by atoms with van der Waals surface area (Å²) >= 11 is 0. The van der Waals surface area contributed by atoms with Crippen molar-refractivity contribution >= 4 is 15.7 Å². The second-order valence-corrected chi connectivity index (χ2v) is 7.16. The third-order valence-electron chi connectivity index (χ3n) is 3.73. The van der Waals surface area contributed by atoms with Crippen LogP contribution in [0.25, 0.3) is 0 Å². The fraction of sp³-hybridized carbons (Fsp3) is 0.909. The van der Waals surface area contributed by atoms with Gasteiger partial charge in [0.05, 0.1) is 18.4 Å². The third-order valence-corrected chi connectivity index (χ3v) is 5.89. The number of carbonyl (C=O) groups excluding carboxylic acids is 1. The first kappa shape index (κ1) is 12.8. The second kappa shape index (κ2) is 4.94. The number of nitrogens with zero attached hydrogens (tertiary/aromatic N) is 1. The Morgan fingerprint density at radius 2 is 2.00 bits per heavy atom. The fourth-order valence-electron chi connectivity index (χ4n) is 2.73. The van der Waals surface area contributed by atoms with Gasteiger partial charge in [-0.05, 0) is 25.7 Å². The van der Waals surface area contributed by atoms with Gasteiger partial charge in [-0.25, -0.2) is 8.42 Å². The molecule has 1 unspecified atom stereocenters. The van der Waals surface area contributed by atoms with E-state index in [9.17, 15) is 18.3 Å². The predicted octanol–water partition coefficient (Wildman–Crippen LogP) is -0.0630. The molecule has 0 saturated carbocycles. The van der Waals surface area contributed by atoms with E-state index in [-0.39, 0.29) is 24.3 Å². The van der Waals surface area contributed by atoms with Crippen molar-refractivity contribution < 1.29 is 18.3 Å². The van der Waals surface area contributed by atoms with Crippen molar-refractivity contribution in [1.29, 1.82) is 0 Å². The van der Waals surface area contributed by atoms with Gasteiger partial charge in [0.25, 0.3) is 0 Å². The van der Waals surface area contributed by atoms with Crippen LogP contribution in [0.2, 0.25) is 0 Å². The van der Waals surface area contributed by atoms with Gasteiger partial charge in [0.15, 0.2) is 9.84 Å². The van der Waals surface area contributed by atoms with Gasteiger partial charge in [-0.2, -0.15) is 0 Å². The minimum absolute atomic E-state index is 0.0709. The molecule has 0 aromatic rings. The molecule has 0 bridgehead atoms. The Morgan fingerprint density at radius 1 is 1.24 bits per heavy atom. The molecule has 0 spiro atoms. The summed E-state index contributed by atoms with van der Waals surface area (Å²) in [5.41, 5.74) is 0. The molecule has 0 radical (unpaired) electrons. The van der Waals surface area contributed by atoms with Crippen molar-refractivity contribution in [3.63, 3.8) is 0 Å². The van der Waals surface area contributed by atoms with Crippen LogP contribution in [0.1, 0.15) is 32.1 Å². The maximum absolute atomic E-state index is 12.2. The molecule has 17 heavy (non-hydrogen) atoms. The highest BCUT2D eigenvalue weighted by atomic mass is 32.2. The number of sulfone groups is 1. The summed E-state index contributed by atoms with van der Waals surface area (Å²) in [4.78, 5) is 13.8. The average Bonchev–Trinajstić information content (AvgIpc) is 2.75. The summed E-state index contributed by atoms with van der Waals surface area (Å²) in [6.45, 7) is 0.509. The zero-order valence-electron chi connectivity index (χ0n) is 9.84. The van der Waals surface area contributed by atoms with Crippen LogP contribution in [0, 0.1) is 0 Å². The first-order valence-corrected chi connectivity index (χ1v) is 7.90. The van der Waals surface area contributed by atoms with E-state index >= 15 is 0 Å². The molecule has 2 aliphatic rings. The van der Waals surface area contributed by atoms with Crippen LogP contribution >= 0.6 is 0 Å². The van der Waals surface area contributed by atoms with Crippen molar-refractivity contribution in [3.8, 4) is 0 Å². The number of carbonyl (C=O) groups is 1. The van der Waals surface area contributed by atoms with Gasteiger partial charge in [0.1, 0.15) is 5.25 Å². The van der Waals surface area contributed by atoms with Crippen molar-refractivity contribution in [2.24, 2.45) is 0 Å². The molecule has 6 heteroatoms. The largest absolute Gasteiger partial charge is 0.394 e. The Hall–Kier alpha value is -0.620. The normalized spacial score (nSPS) is 32.6. The molecule has 0 aliphatic carbocycles. The lowest BCUT2D eigenvalue weighted by Gasteiger charge is -2.29. The van der Waals surface area contributed by atoms with Gasteiger partial charge in [-0.1, -0.05) is 6.42 Å². The summed E-state index contributed by atoms with van der Waals surface area (Å²) in [6.07, 6.45) is 3.53. The molecule has 2 rings (SSSR count). The maximum atomic E-state index is 12.2. The first-order valence-electron chi connectivity index (χ1n) is 6.19. The standard InChI is InChI=1S/C11H19NO4S/c13-8-9-4-3-6-12(9)11(14)10-5-1-2-7-17(10,15)16/h9-10,13H,1-8H2/t9-,10?/m0/s1. The molecule has 98 valence electrons. The van der Waals surface area contributed by atoms with Gasteiger partial charge in [0.2, 0.25) is 5.91 Å². The van der Waals surface area contributed by atoms with Crippen LogP contribution in [0.3, 0.4) is 0 Å². The number of aliphatic hydroxyl groups is 1. The quantitative estimate of drug-likeness (QED) is 0.755. The average molecular weight is 261 g/mol. The summed E-state index contributed by atoms with van der Waals surface area (Å²) in [7, 11) is -3.26. The van der Waals surface area contributed by atoms with E-state index in [0.717, 1.165) is 19.3 Å². The molecule has 2 saturated heterocycles. The van der Waals surface area contributed by atoms with Crippen molar-refractivity contribution in [2.75, 3.05) is 18.9 Å². The Kier molecular flexibility index (Phi) is 3.73. The number of likely N-dealkylation sites (tertiary alicyclic amines) is 1. The highest BCUT2D eigenvalue weighted by molar-refractivity contribution is 7.92. The summed E-state index contributed by atoms with van der Waals surface area (Å²) in [5.74, 6) is -0.164. The molecule has 1 amide bonds. The molecule has 2 atom stereocenters. The zero-order valence-corrected chi connectivity index (χ0v) is 10.7. The van der Waals surface area contributed by atoms with Crippen LogP contribution < -0.4 is 0 Å². The van der Waals surface area contributed by atoms with Crippen LogP contribution in [0.4, 0.5) is 0 Å². The maximum Gasteiger partial charge on any atom is 0.241 e. The van der Waals surface area contributed by atoms with Gasteiger partial charge in [-0.15, -0.1) is 0 Å². The van der Waals surface area contributed by atoms with Gasteiger partial charge in [-0.3, -0.25) is 4.79 Å². The molecule has 1 N–H and O–H groups in total. The monoisotopic (exact) mass is 261 g/mol. The summed E-state index contributed by atoms with van der Waals surface area (Å²) in [6, 6.07) is -0.181. The van der Waals surface area contributed by atoms with E-state index in [0.29, 0.717) is 19.4 Å². The first-order chi connectivity index (χ1) is 8.06. The fourth-order valence-corrected chi connectivity index (χ4v) is 4.59. The second-order valence-electron chi connectivity index (χ2n) is 4.86. The predicted molar refractivity (Wildman–Crippen MR) is 63.2 cm³/mol. The zero-order chi connectivity index (χ0) is 12.5. The van der Waals surface area contributed by atoms with Crippen molar-refractivity contribution in [2.45, 2.75) is 43.4 Å². The summed E-state index contributed by atoms with van der Waals surface area (Å²) < 4.78 is 23.7. The highest BCUT2D eigenvalue weighted by Crippen LogP contribution is 2.25. The van der Waals surface area contributed by atoms with E-state index in [1.165, 1.54) is 0 Å². The molecule has 0 aromatic carbocycles. The molecule has 2 fully saturated rings. The van der Waals surface area contributed by atoms with Gasteiger partial charge < -0.3 is 10.0 Å². The number of amides is 1. The van der Waals surface area contributed by atoms with E-state index in [1.54, 1.807) is 4.90 Å². The van der Waals surface area contributed by atoms with E-state index in [4.69, 9.17) is 0 Å². The smallest absolute Gasteiger partial charge is 0.241 e. The third kappa shape index (κ3) is 2.47. The van der Waals surface area contributed by atoms with E-state index in [2.05, 4.69) is 0 Å². The number of rotatable bonds is 2. The Labute approximate surface area is 102 Å². The van der Waals surface area contributed by atoms with E-state index < -0.39 is 15.1 Å². The van der Waals surface area contributed by atoms with Crippen LogP contribution in [0.15, 0.2) is 0 Å². The number of aliphatic hydroxyl groups excluding tert-OH is 1. The van der Waals surface area contributed by atoms with E-state index in [1.807, 2.05) is 0 Å². The van der Waals surface area contributed by atoms with Gasteiger partial charge in [0, 0.05) is 6.54 Å². The molecular weight excluding hydrogens is 242 g/mol. The lowest BCUT2D eigenvalue weighted by Crippen LogP contribution is -2.48. The van der Waals surface area contributed by atoms with Crippen molar-refractivity contribution in [1.82, 2.24) is 4.90 Å². The number of hydrogen-bond acceptors (Lipinski definition) is 4. The Morgan fingerprint density at radius 3 is 2.65 bits per heavy atom. The lowest BCUT2D eigenvalue weighted by atomic mass is 10.1. The summed E-state index contributed by atoms with van der Waals surface area (Å²) in [5, 5.41) is 8.31. The molecule has 2 heterocycles. The van der Waals surface area contributed by atoms with Crippen molar-refractivity contribution in [3.05, 3.63) is 0 Å². The minimum atomic E-state index is -3.26. The van der Waals surface area contributed by atoms with Gasteiger partial charge >= 0.3 is 0 Å².